The highest BCUT2D eigenvalue weighted by Gasteiger charge is 2.36. The van der Waals surface area contributed by atoms with E-state index in [-0.39, 0.29) is 11.3 Å². The van der Waals surface area contributed by atoms with E-state index >= 15 is 0 Å². The minimum absolute atomic E-state index is 0.0788. The Morgan fingerprint density at radius 3 is 1.87 bits per heavy atom. The lowest BCUT2D eigenvalue weighted by Gasteiger charge is -2.40. The number of nitrogens with two attached hydrogens (primary N) is 2. The van der Waals surface area contributed by atoms with Gasteiger partial charge in [-0.3, -0.25) is 0 Å². The van der Waals surface area contributed by atoms with Gasteiger partial charge in [0.15, 0.2) is 0 Å². The van der Waals surface area contributed by atoms with Gasteiger partial charge in [-0.15, -0.1) is 0 Å². The maximum absolute atomic E-state index is 6.15. The Labute approximate surface area is 93.4 Å². The quantitative estimate of drug-likeness (QED) is 0.733. The normalized spacial score (nSPS) is 32.5. The molecule has 2 heteroatoms. The van der Waals surface area contributed by atoms with Crippen molar-refractivity contribution in [2.75, 3.05) is 0 Å². The molecule has 0 aromatic carbocycles. The third-order valence-corrected chi connectivity index (χ3v) is 4.20. The highest BCUT2D eigenvalue weighted by molar-refractivity contribution is 5.40. The summed E-state index contributed by atoms with van der Waals surface area (Å²) in [5.74, 6) is 0.204. The SMILES string of the molecule is CCCC1(C)C(C)=C(N)C(C)C(N)=C1C. The van der Waals surface area contributed by atoms with Crippen LogP contribution in [0.5, 0.6) is 0 Å². The predicted octanol–water partition coefficient (Wildman–Crippen LogP) is 2.91. The summed E-state index contributed by atoms with van der Waals surface area (Å²) in [5.41, 5.74) is 16.9. The van der Waals surface area contributed by atoms with E-state index in [1.807, 2.05) is 0 Å². The molecule has 1 rings (SSSR count). The van der Waals surface area contributed by atoms with Gasteiger partial charge in [0.25, 0.3) is 0 Å². The summed E-state index contributed by atoms with van der Waals surface area (Å²) in [6.07, 6.45) is 2.28. The topological polar surface area (TPSA) is 52.0 Å². The molecule has 0 aromatic rings. The molecule has 0 radical (unpaired) electrons. The fraction of sp³-hybridized carbons (Fsp3) is 0.692. The van der Waals surface area contributed by atoms with Gasteiger partial charge in [0.2, 0.25) is 0 Å². The summed E-state index contributed by atoms with van der Waals surface area (Å²) in [4.78, 5) is 0. The third-order valence-electron chi connectivity index (χ3n) is 4.20. The third kappa shape index (κ3) is 1.66. The second-order valence-corrected chi connectivity index (χ2v) is 4.96. The summed E-state index contributed by atoms with van der Waals surface area (Å²) in [7, 11) is 0. The fourth-order valence-corrected chi connectivity index (χ4v) is 2.61. The number of hydrogen-bond acceptors (Lipinski definition) is 2. The van der Waals surface area contributed by atoms with Crippen molar-refractivity contribution in [3.05, 3.63) is 22.5 Å². The Kier molecular flexibility index (Phi) is 3.17. The van der Waals surface area contributed by atoms with Crippen LogP contribution in [-0.2, 0) is 0 Å². The second-order valence-electron chi connectivity index (χ2n) is 4.96. The molecule has 0 saturated heterocycles. The lowest BCUT2D eigenvalue weighted by molar-refractivity contribution is 0.400. The van der Waals surface area contributed by atoms with E-state index in [1.165, 1.54) is 11.1 Å². The Hall–Kier alpha value is -0.920. The average Bonchev–Trinajstić information content (AvgIpc) is 2.22. The lowest BCUT2D eigenvalue weighted by Crippen LogP contribution is -2.34. The van der Waals surface area contributed by atoms with Gasteiger partial charge < -0.3 is 11.5 Å². The van der Waals surface area contributed by atoms with Crippen molar-refractivity contribution >= 4 is 0 Å². The van der Waals surface area contributed by atoms with Crippen molar-refractivity contribution < 1.29 is 0 Å². The van der Waals surface area contributed by atoms with Crippen LogP contribution in [0.3, 0.4) is 0 Å². The van der Waals surface area contributed by atoms with Crippen LogP contribution in [0.2, 0.25) is 0 Å². The van der Waals surface area contributed by atoms with E-state index < -0.39 is 0 Å². The summed E-state index contributed by atoms with van der Waals surface area (Å²) in [6, 6.07) is 0. The smallest absolute Gasteiger partial charge is 0.0352 e. The standard InChI is InChI=1S/C13H24N2/c1-6-7-13(5)9(3)11(14)8(2)12(15)10(13)4/h8H,6-7,14-15H2,1-5H3. The van der Waals surface area contributed by atoms with Gasteiger partial charge in [-0.2, -0.15) is 0 Å². The highest BCUT2D eigenvalue weighted by Crippen LogP contribution is 2.46. The molecule has 1 aliphatic rings. The van der Waals surface area contributed by atoms with Crippen LogP contribution in [0.4, 0.5) is 0 Å². The van der Waals surface area contributed by atoms with E-state index in [4.69, 9.17) is 11.5 Å². The van der Waals surface area contributed by atoms with Crippen molar-refractivity contribution in [1.82, 2.24) is 0 Å². The molecule has 0 heterocycles. The summed E-state index contributed by atoms with van der Waals surface area (Å²) in [5, 5.41) is 0. The monoisotopic (exact) mass is 208 g/mol. The molecule has 0 aromatic heterocycles. The zero-order valence-electron chi connectivity index (χ0n) is 10.6. The van der Waals surface area contributed by atoms with Crippen molar-refractivity contribution in [3.8, 4) is 0 Å². The predicted molar refractivity (Wildman–Crippen MR) is 66.0 cm³/mol. The molecule has 1 aliphatic carbocycles. The first-order valence-electron chi connectivity index (χ1n) is 5.79. The Morgan fingerprint density at radius 1 is 1.13 bits per heavy atom. The molecule has 0 fully saturated rings. The number of allylic oxidation sites excluding steroid dienone is 2. The molecule has 4 N–H and O–H groups in total. The molecule has 0 atom stereocenters. The zero-order valence-corrected chi connectivity index (χ0v) is 10.6. The molecule has 0 aliphatic heterocycles. The molecule has 0 saturated carbocycles. The minimum Gasteiger partial charge on any atom is -0.402 e. The second kappa shape index (κ2) is 3.92. The average molecular weight is 208 g/mol. The van der Waals surface area contributed by atoms with E-state index in [0.29, 0.717) is 0 Å². The molecular weight excluding hydrogens is 184 g/mol. The van der Waals surface area contributed by atoms with Crippen molar-refractivity contribution in [3.63, 3.8) is 0 Å². The van der Waals surface area contributed by atoms with E-state index in [1.54, 1.807) is 0 Å². The number of hydrogen-bond donors (Lipinski definition) is 2. The van der Waals surface area contributed by atoms with Gasteiger partial charge in [0, 0.05) is 22.7 Å². The van der Waals surface area contributed by atoms with Crippen molar-refractivity contribution in [2.24, 2.45) is 22.8 Å². The fourth-order valence-electron chi connectivity index (χ4n) is 2.61. The molecule has 2 nitrogen and oxygen atoms in total. The van der Waals surface area contributed by atoms with E-state index in [9.17, 15) is 0 Å². The van der Waals surface area contributed by atoms with Gasteiger partial charge in [-0.1, -0.05) is 27.2 Å². The first-order valence-corrected chi connectivity index (χ1v) is 5.79. The van der Waals surface area contributed by atoms with Crippen LogP contribution >= 0.6 is 0 Å². The molecule has 15 heavy (non-hydrogen) atoms. The van der Waals surface area contributed by atoms with Crippen LogP contribution in [0.15, 0.2) is 22.5 Å². The van der Waals surface area contributed by atoms with E-state index in [2.05, 4.69) is 34.6 Å². The summed E-state index contributed by atoms with van der Waals surface area (Å²) in [6.45, 7) is 10.8. The van der Waals surface area contributed by atoms with Crippen LogP contribution in [-0.4, -0.2) is 0 Å². The van der Waals surface area contributed by atoms with Crippen LogP contribution in [0.1, 0.15) is 47.5 Å². The molecule has 0 bridgehead atoms. The first-order chi connectivity index (χ1) is 6.86. The molecule has 0 amide bonds. The van der Waals surface area contributed by atoms with Gasteiger partial charge in [-0.25, -0.2) is 0 Å². The Balaban J connectivity index is 3.27. The van der Waals surface area contributed by atoms with Crippen molar-refractivity contribution in [2.45, 2.75) is 47.5 Å². The first kappa shape index (κ1) is 12.2. The maximum Gasteiger partial charge on any atom is 0.0352 e. The lowest BCUT2D eigenvalue weighted by atomic mass is 9.67. The summed E-state index contributed by atoms with van der Waals surface area (Å²) < 4.78 is 0. The maximum atomic E-state index is 6.15. The van der Waals surface area contributed by atoms with Crippen molar-refractivity contribution in [1.29, 1.82) is 0 Å². The summed E-state index contributed by atoms with van der Waals surface area (Å²) >= 11 is 0. The largest absolute Gasteiger partial charge is 0.402 e. The van der Waals surface area contributed by atoms with Crippen LogP contribution < -0.4 is 11.5 Å². The minimum atomic E-state index is 0.0788. The molecular formula is C13H24N2. The Morgan fingerprint density at radius 2 is 1.53 bits per heavy atom. The van der Waals surface area contributed by atoms with Gasteiger partial charge in [0.1, 0.15) is 0 Å². The molecule has 0 spiro atoms. The Bertz CT molecular complexity index is 297. The molecule has 86 valence electrons. The van der Waals surface area contributed by atoms with Gasteiger partial charge >= 0.3 is 0 Å². The highest BCUT2D eigenvalue weighted by atomic mass is 14.7. The van der Waals surface area contributed by atoms with Crippen LogP contribution in [0, 0.1) is 11.3 Å². The number of rotatable bonds is 2. The zero-order chi connectivity index (χ0) is 11.8. The van der Waals surface area contributed by atoms with Crippen LogP contribution in [0.25, 0.3) is 0 Å². The van der Waals surface area contributed by atoms with E-state index in [0.717, 1.165) is 24.2 Å². The van der Waals surface area contributed by atoms with Gasteiger partial charge in [0.05, 0.1) is 0 Å². The molecule has 0 unspecified atom stereocenters. The van der Waals surface area contributed by atoms with Gasteiger partial charge in [-0.05, 0) is 31.4 Å².